The van der Waals surface area contributed by atoms with E-state index in [9.17, 15) is 0 Å². The number of hydrogen-bond donors (Lipinski definition) is 0. The quantitative estimate of drug-likeness (QED) is 0.783. The van der Waals surface area contributed by atoms with Crippen LogP contribution in [0.25, 0.3) is 0 Å². The predicted molar refractivity (Wildman–Crippen MR) is 81.0 cm³/mol. The molecule has 0 radical (unpaired) electrons. The molecule has 2 aromatic rings. The first kappa shape index (κ1) is 15.5. The topological polar surface area (TPSA) is 69.0 Å². The van der Waals surface area contributed by atoms with Gasteiger partial charge >= 0.3 is 6.01 Å². The van der Waals surface area contributed by atoms with Crippen LogP contribution in [-0.2, 0) is 6.54 Å². The summed E-state index contributed by atoms with van der Waals surface area (Å²) in [5.74, 6) is 1.09. The monoisotopic (exact) mass is 310 g/mol. The van der Waals surface area contributed by atoms with Crippen molar-refractivity contribution in [1.82, 2.24) is 24.7 Å². The Kier molecular flexibility index (Phi) is 5.32. The van der Waals surface area contributed by atoms with Crippen LogP contribution < -0.4 is 9.64 Å². The first-order valence-electron chi connectivity index (χ1n) is 7.03. The minimum Gasteiger partial charge on any atom is -0.421 e. The molecule has 0 saturated heterocycles. The summed E-state index contributed by atoms with van der Waals surface area (Å²) in [5.41, 5.74) is 0. The highest BCUT2D eigenvalue weighted by Crippen LogP contribution is 2.20. The molecule has 2 rings (SSSR count). The molecular formula is C13H19ClN6O. The van der Waals surface area contributed by atoms with Gasteiger partial charge in [0.05, 0.1) is 12.4 Å². The summed E-state index contributed by atoms with van der Waals surface area (Å²) in [5, 5.41) is 4.31. The Morgan fingerprint density at radius 1 is 1.19 bits per heavy atom. The van der Waals surface area contributed by atoms with E-state index in [4.69, 9.17) is 16.3 Å². The fourth-order valence-electron chi connectivity index (χ4n) is 1.87. The molecule has 0 aromatic carbocycles. The van der Waals surface area contributed by atoms with Crippen LogP contribution >= 0.6 is 11.6 Å². The van der Waals surface area contributed by atoms with Crippen molar-refractivity contribution in [2.45, 2.75) is 33.7 Å². The third-order valence-corrected chi connectivity index (χ3v) is 3.06. The van der Waals surface area contributed by atoms with Gasteiger partial charge in [-0.1, -0.05) is 6.92 Å². The molecule has 0 amide bonds. The second kappa shape index (κ2) is 7.21. The summed E-state index contributed by atoms with van der Waals surface area (Å²) < 4.78 is 7.42. The lowest BCUT2D eigenvalue weighted by atomic mass is 10.5. The molecule has 0 atom stereocenters. The van der Waals surface area contributed by atoms with Crippen LogP contribution in [0.4, 0.5) is 5.95 Å². The van der Waals surface area contributed by atoms with E-state index >= 15 is 0 Å². The van der Waals surface area contributed by atoms with Crippen molar-refractivity contribution < 1.29 is 4.74 Å². The lowest BCUT2D eigenvalue weighted by Crippen LogP contribution is -2.24. The summed E-state index contributed by atoms with van der Waals surface area (Å²) in [6.45, 7) is 8.54. The van der Waals surface area contributed by atoms with Crippen molar-refractivity contribution >= 4 is 17.5 Å². The normalized spacial score (nSPS) is 10.7. The van der Waals surface area contributed by atoms with E-state index in [2.05, 4.69) is 27.0 Å². The molecule has 0 aliphatic carbocycles. The first-order chi connectivity index (χ1) is 10.2. The molecule has 0 N–H and O–H groups in total. The van der Waals surface area contributed by atoms with Crippen molar-refractivity contribution in [3.8, 4) is 11.8 Å². The number of nitrogens with zero attached hydrogens (tertiary/aromatic N) is 6. The van der Waals surface area contributed by atoms with Gasteiger partial charge in [0, 0.05) is 19.6 Å². The Hall–Kier alpha value is -1.89. The van der Waals surface area contributed by atoms with Gasteiger partial charge in [0.15, 0.2) is 5.75 Å². The summed E-state index contributed by atoms with van der Waals surface area (Å²) in [6, 6.07) is 0.174. The molecule has 21 heavy (non-hydrogen) atoms. The molecule has 2 heterocycles. The molecule has 0 aliphatic rings. The van der Waals surface area contributed by atoms with Crippen LogP contribution in [0, 0.1) is 0 Å². The van der Waals surface area contributed by atoms with Crippen molar-refractivity contribution in [3.63, 3.8) is 0 Å². The third kappa shape index (κ3) is 4.04. The largest absolute Gasteiger partial charge is 0.421 e. The van der Waals surface area contributed by atoms with E-state index in [1.54, 1.807) is 12.4 Å². The maximum absolute atomic E-state index is 5.94. The SMILES string of the molecule is CCCn1cc(Oc2nc(Cl)nc(N(CC)CC)n2)cn1. The molecule has 2 aromatic heterocycles. The smallest absolute Gasteiger partial charge is 0.328 e. The molecule has 0 fully saturated rings. The van der Waals surface area contributed by atoms with Crippen LogP contribution in [0.5, 0.6) is 11.8 Å². The molecule has 0 aliphatic heterocycles. The van der Waals surface area contributed by atoms with Crippen LogP contribution in [0.15, 0.2) is 12.4 Å². The van der Waals surface area contributed by atoms with Gasteiger partial charge in [0.2, 0.25) is 11.2 Å². The minimum absolute atomic E-state index is 0.114. The van der Waals surface area contributed by atoms with Crippen LogP contribution in [0.3, 0.4) is 0 Å². The highest BCUT2D eigenvalue weighted by atomic mass is 35.5. The highest BCUT2D eigenvalue weighted by molar-refractivity contribution is 6.28. The molecule has 0 unspecified atom stereocenters. The van der Waals surface area contributed by atoms with Gasteiger partial charge in [-0.2, -0.15) is 20.1 Å². The summed E-state index contributed by atoms with van der Waals surface area (Å²) in [7, 11) is 0. The van der Waals surface area contributed by atoms with E-state index in [0.717, 1.165) is 26.1 Å². The van der Waals surface area contributed by atoms with Gasteiger partial charge in [0.1, 0.15) is 0 Å². The van der Waals surface area contributed by atoms with E-state index in [-0.39, 0.29) is 11.3 Å². The number of hydrogen-bond acceptors (Lipinski definition) is 6. The Bertz CT molecular complexity index is 584. The van der Waals surface area contributed by atoms with Gasteiger partial charge in [-0.3, -0.25) is 4.68 Å². The van der Waals surface area contributed by atoms with Gasteiger partial charge in [-0.05, 0) is 31.9 Å². The Morgan fingerprint density at radius 2 is 1.95 bits per heavy atom. The first-order valence-corrected chi connectivity index (χ1v) is 7.40. The van der Waals surface area contributed by atoms with E-state index in [0.29, 0.717) is 11.7 Å². The maximum Gasteiger partial charge on any atom is 0.328 e. The number of halogens is 1. The van der Waals surface area contributed by atoms with Crippen molar-refractivity contribution in [1.29, 1.82) is 0 Å². The van der Waals surface area contributed by atoms with Crippen LogP contribution in [0.1, 0.15) is 27.2 Å². The summed E-state index contributed by atoms with van der Waals surface area (Å²) in [4.78, 5) is 14.4. The number of aromatic nitrogens is 5. The van der Waals surface area contributed by atoms with E-state index in [1.807, 2.05) is 23.4 Å². The average Bonchev–Trinajstić information content (AvgIpc) is 2.87. The lowest BCUT2D eigenvalue weighted by molar-refractivity contribution is 0.438. The predicted octanol–water partition coefficient (Wildman–Crippen LogP) is 2.77. The number of ether oxygens (including phenoxy) is 1. The maximum atomic E-state index is 5.94. The minimum atomic E-state index is 0.114. The highest BCUT2D eigenvalue weighted by Gasteiger charge is 2.12. The van der Waals surface area contributed by atoms with Crippen LogP contribution in [0.2, 0.25) is 5.28 Å². The fourth-order valence-corrected chi connectivity index (χ4v) is 2.02. The van der Waals surface area contributed by atoms with Gasteiger partial charge in [-0.25, -0.2) is 0 Å². The van der Waals surface area contributed by atoms with Crippen molar-refractivity contribution in [2.24, 2.45) is 0 Å². The summed E-state index contributed by atoms with van der Waals surface area (Å²) in [6.07, 6.45) is 4.44. The molecule has 114 valence electrons. The number of aryl methyl sites for hydroxylation is 1. The fraction of sp³-hybridized carbons (Fsp3) is 0.538. The van der Waals surface area contributed by atoms with Crippen molar-refractivity contribution in [3.05, 3.63) is 17.7 Å². The molecule has 0 bridgehead atoms. The Balaban J connectivity index is 2.18. The van der Waals surface area contributed by atoms with E-state index in [1.165, 1.54) is 0 Å². The molecule has 8 heteroatoms. The van der Waals surface area contributed by atoms with Gasteiger partial charge < -0.3 is 9.64 Å². The number of rotatable bonds is 7. The zero-order valence-corrected chi connectivity index (χ0v) is 13.2. The second-order valence-corrected chi connectivity index (χ2v) is 4.74. The Labute approximate surface area is 128 Å². The molecular weight excluding hydrogens is 292 g/mol. The molecule has 0 saturated carbocycles. The molecule has 7 nitrogen and oxygen atoms in total. The standard InChI is InChI=1S/C13H19ClN6O/c1-4-7-20-9-10(8-15-20)21-13-17-11(14)16-12(18-13)19(5-2)6-3/h8-9H,4-7H2,1-3H3. The zero-order chi connectivity index (χ0) is 15.2. The van der Waals surface area contributed by atoms with Gasteiger partial charge in [-0.15, -0.1) is 0 Å². The summed E-state index contributed by atoms with van der Waals surface area (Å²) >= 11 is 5.94. The van der Waals surface area contributed by atoms with Crippen molar-refractivity contribution in [2.75, 3.05) is 18.0 Å². The number of anilines is 1. The Morgan fingerprint density at radius 3 is 2.62 bits per heavy atom. The average molecular weight is 311 g/mol. The lowest BCUT2D eigenvalue weighted by Gasteiger charge is -2.18. The van der Waals surface area contributed by atoms with Crippen LogP contribution in [-0.4, -0.2) is 37.8 Å². The second-order valence-electron chi connectivity index (χ2n) is 4.40. The van der Waals surface area contributed by atoms with E-state index < -0.39 is 0 Å². The molecule has 0 spiro atoms. The zero-order valence-electron chi connectivity index (χ0n) is 12.5. The third-order valence-electron chi connectivity index (χ3n) is 2.89. The van der Waals surface area contributed by atoms with Gasteiger partial charge in [0.25, 0.3) is 0 Å².